The molecule has 1 atom stereocenters. The second-order valence-electron chi connectivity index (χ2n) is 9.57. The van der Waals surface area contributed by atoms with E-state index in [2.05, 4.69) is 0 Å². The van der Waals surface area contributed by atoms with Gasteiger partial charge in [0.1, 0.15) is 11.8 Å². The summed E-state index contributed by atoms with van der Waals surface area (Å²) in [6.07, 6.45) is 0.0751. The molecule has 0 saturated carbocycles. The van der Waals surface area contributed by atoms with E-state index >= 15 is 0 Å². The number of rotatable bonds is 8. The highest BCUT2D eigenvalue weighted by Gasteiger charge is 2.47. The lowest BCUT2D eigenvalue weighted by molar-refractivity contribution is -0.122. The molecule has 9 heteroatoms. The Labute approximate surface area is 229 Å². The van der Waals surface area contributed by atoms with Gasteiger partial charge in [0, 0.05) is 11.6 Å². The van der Waals surface area contributed by atoms with Crippen LogP contribution in [0.2, 0.25) is 5.02 Å². The number of halogens is 1. The summed E-state index contributed by atoms with van der Waals surface area (Å²) >= 11 is 6.15. The molecule has 1 fully saturated rings. The number of carbonyl (C=O) groups is 2. The van der Waals surface area contributed by atoms with Gasteiger partial charge in [-0.3, -0.25) is 9.59 Å². The van der Waals surface area contributed by atoms with E-state index in [-0.39, 0.29) is 17.9 Å². The van der Waals surface area contributed by atoms with Crippen LogP contribution in [0, 0.1) is 27.7 Å². The second kappa shape index (κ2) is 10.9. The van der Waals surface area contributed by atoms with Gasteiger partial charge in [-0.25, -0.2) is 13.3 Å². The molecule has 0 N–H and O–H groups in total. The first-order valence-electron chi connectivity index (χ1n) is 12.3. The molecule has 0 aliphatic carbocycles. The van der Waals surface area contributed by atoms with E-state index in [0.29, 0.717) is 34.0 Å². The van der Waals surface area contributed by atoms with Gasteiger partial charge in [0.15, 0.2) is 0 Å². The maximum atomic E-state index is 14.3. The van der Waals surface area contributed by atoms with Gasteiger partial charge in [-0.1, -0.05) is 29.8 Å². The van der Waals surface area contributed by atoms with Crippen molar-refractivity contribution < 1.29 is 22.7 Å². The molecular formula is C29H31ClN2O5S. The Morgan fingerprint density at radius 3 is 2.18 bits per heavy atom. The maximum Gasteiger partial charge on any atom is 0.252 e. The fourth-order valence-corrected chi connectivity index (χ4v) is 7.28. The van der Waals surface area contributed by atoms with Crippen LogP contribution in [-0.4, -0.2) is 44.2 Å². The van der Waals surface area contributed by atoms with Crippen LogP contribution in [0.25, 0.3) is 0 Å². The van der Waals surface area contributed by atoms with Crippen molar-refractivity contribution in [3.8, 4) is 5.75 Å². The normalized spacial score (nSPS) is 16.0. The molecule has 1 saturated heterocycles. The van der Waals surface area contributed by atoms with Gasteiger partial charge in [0.2, 0.25) is 15.9 Å². The average Bonchev–Trinajstić information content (AvgIpc) is 3.16. The molecule has 0 radical (unpaired) electrons. The lowest BCUT2D eigenvalue weighted by Gasteiger charge is -2.29. The van der Waals surface area contributed by atoms with Crippen LogP contribution in [0.5, 0.6) is 5.75 Å². The third-order valence-corrected chi connectivity index (χ3v) is 9.59. The van der Waals surface area contributed by atoms with Crippen LogP contribution >= 0.6 is 11.6 Å². The number of ether oxygens (including phenoxy) is 1. The summed E-state index contributed by atoms with van der Waals surface area (Å²) in [5, 5.41) is 0.538. The van der Waals surface area contributed by atoms with E-state index in [1.807, 2.05) is 26.0 Å². The Bertz CT molecular complexity index is 1480. The van der Waals surface area contributed by atoms with Crippen LogP contribution in [0.4, 0.5) is 5.69 Å². The number of carbonyl (C=O) groups excluding carboxylic acids is 2. The summed E-state index contributed by atoms with van der Waals surface area (Å²) in [6.45, 7) is 7.29. The molecule has 38 heavy (non-hydrogen) atoms. The van der Waals surface area contributed by atoms with Crippen molar-refractivity contribution in [3.05, 3.63) is 87.4 Å². The van der Waals surface area contributed by atoms with Gasteiger partial charge in [-0.2, -0.15) is 4.31 Å². The maximum absolute atomic E-state index is 14.3. The first-order chi connectivity index (χ1) is 17.9. The minimum atomic E-state index is -4.16. The quantitative estimate of drug-likeness (QED) is 0.360. The van der Waals surface area contributed by atoms with E-state index in [0.717, 1.165) is 21.6 Å². The minimum absolute atomic E-state index is 0.00862. The molecule has 7 nitrogen and oxygen atoms in total. The molecule has 1 heterocycles. The Hall–Kier alpha value is -3.20. The molecule has 4 rings (SSSR count). The summed E-state index contributed by atoms with van der Waals surface area (Å²) in [5.41, 5.74) is 4.14. The molecule has 3 aromatic rings. The number of amides is 2. The predicted molar refractivity (Wildman–Crippen MR) is 148 cm³/mol. The zero-order valence-corrected chi connectivity index (χ0v) is 23.7. The van der Waals surface area contributed by atoms with Gasteiger partial charge in [0.05, 0.1) is 24.1 Å². The van der Waals surface area contributed by atoms with Gasteiger partial charge < -0.3 is 4.74 Å². The number of benzene rings is 3. The van der Waals surface area contributed by atoms with E-state index in [4.69, 9.17) is 16.3 Å². The Kier molecular flexibility index (Phi) is 7.97. The number of hydrogen-bond donors (Lipinski definition) is 0. The number of nitrogens with zero attached hydrogens (tertiary/aromatic N) is 2. The minimum Gasteiger partial charge on any atom is -0.497 e. The largest absolute Gasteiger partial charge is 0.497 e. The van der Waals surface area contributed by atoms with Crippen molar-refractivity contribution in [1.82, 2.24) is 4.31 Å². The number of anilines is 1. The average molecular weight is 555 g/mol. The third-order valence-electron chi connectivity index (χ3n) is 7.17. The molecular weight excluding hydrogens is 524 g/mol. The highest BCUT2D eigenvalue weighted by Crippen LogP contribution is 2.34. The Balaban J connectivity index is 1.78. The lowest BCUT2D eigenvalue weighted by atomic mass is 10.0. The molecule has 0 spiro atoms. The summed E-state index contributed by atoms with van der Waals surface area (Å²) in [5.74, 6) is -0.451. The zero-order valence-electron chi connectivity index (χ0n) is 22.1. The number of sulfonamides is 1. The Morgan fingerprint density at radius 2 is 1.61 bits per heavy atom. The van der Waals surface area contributed by atoms with E-state index in [1.54, 1.807) is 56.3 Å². The zero-order chi connectivity index (χ0) is 27.8. The van der Waals surface area contributed by atoms with E-state index in [1.165, 1.54) is 11.4 Å². The van der Waals surface area contributed by atoms with Crippen molar-refractivity contribution in [3.63, 3.8) is 0 Å². The molecule has 0 aromatic heterocycles. The van der Waals surface area contributed by atoms with Crippen LogP contribution in [0.3, 0.4) is 0 Å². The molecule has 1 aliphatic heterocycles. The van der Waals surface area contributed by atoms with E-state index < -0.39 is 27.9 Å². The number of imide groups is 1. The summed E-state index contributed by atoms with van der Waals surface area (Å²) in [6, 6.07) is 14.5. The molecule has 1 unspecified atom stereocenters. The highest BCUT2D eigenvalue weighted by molar-refractivity contribution is 7.89. The van der Waals surface area contributed by atoms with Gasteiger partial charge >= 0.3 is 0 Å². The van der Waals surface area contributed by atoms with Gasteiger partial charge in [-0.05, 0) is 98.3 Å². The number of aryl methyl sites for hydroxylation is 2. The highest BCUT2D eigenvalue weighted by atomic mass is 35.5. The first kappa shape index (κ1) is 27.8. The summed E-state index contributed by atoms with van der Waals surface area (Å²) in [7, 11) is -2.64. The molecule has 200 valence electrons. The Morgan fingerprint density at radius 1 is 0.974 bits per heavy atom. The van der Waals surface area contributed by atoms with Gasteiger partial charge in [0.25, 0.3) is 5.91 Å². The topological polar surface area (TPSA) is 84.0 Å². The van der Waals surface area contributed by atoms with Gasteiger partial charge in [-0.15, -0.1) is 0 Å². The molecule has 2 amide bonds. The SMILES string of the molecule is COc1ccc(N2C(=O)CC(N(CCc3cccc(Cl)c3)S(=O)(=O)c3c(C)c(C)cc(C)c3C)C2=O)cc1. The smallest absolute Gasteiger partial charge is 0.252 e. The van der Waals surface area contributed by atoms with Crippen molar-refractivity contribution in [2.75, 3.05) is 18.6 Å². The van der Waals surface area contributed by atoms with Crippen molar-refractivity contribution in [2.24, 2.45) is 0 Å². The fourth-order valence-electron chi connectivity index (χ4n) is 4.90. The first-order valence-corrected chi connectivity index (χ1v) is 14.1. The van der Waals surface area contributed by atoms with Crippen molar-refractivity contribution >= 4 is 39.1 Å². The molecule has 0 bridgehead atoms. The number of methoxy groups -OCH3 is 1. The van der Waals surface area contributed by atoms with Crippen LogP contribution in [0.1, 0.15) is 34.2 Å². The third kappa shape index (κ3) is 5.21. The fraction of sp³-hybridized carbons (Fsp3) is 0.310. The summed E-state index contributed by atoms with van der Waals surface area (Å²) < 4.78 is 35.0. The molecule has 3 aromatic carbocycles. The standard InChI is InChI=1S/C29H31ClN2O5S/c1-18-15-19(2)21(4)28(20(18)3)38(35,36)31(14-13-22-7-6-8-23(30)16-22)26-17-27(33)32(29(26)34)24-9-11-25(37-5)12-10-24/h6-12,15-16,26H,13-14,17H2,1-5H3. The molecule has 1 aliphatic rings. The predicted octanol–water partition coefficient (Wildman–Crippen LogP) is 5.15. The second-order valence-corrected chi connectivity index (χ2v) is 11.8. The summed E-state index contributed by atoms with van der Waals surface area (Å²) in [4.78, 5) is 28.1. The lowest BCUT2D eigenvalue weighted by Crippen LogP contribution is -2.46. The van der Waals surface area contributed by atoms with E-state index in [9.17, 15) is 18.0 Å². The van der Waals surface area contributed by atoms with Crippen molar-refractivity contribution in [2.45, 2.75) is 51.5 Å². The van der Waals surface area contributed by atoms with Crippen LogP contribution in [0.15, 0.2) is 59.5 Å². The monoisotopic (exact) mass is 554 g/mol. The van der Waals surface area contributed by atoms with Crippen molar-refractivity contribution in [1.29, 1.82) is 0 Å². The van der Waals surface area contributed by atoms with Crippen LogP contribution in [-0.2, 0) is 26.0 Å². The number of hydrogen-bond acceptors (Lipinski definition) is 5. The van der Waals surface area contributed by atoms with Crippen LogP contribution < -0.4 is 9.64 Å².